The Morgan fingerprint density at radius 2 is 1.88 bits per heavy atom. The van der Waals surface area contributed by atoms with Crippen LogP contribution in [-0.4, -0.2) is 30.5 Å². The zero-order valence-corrected chi connectivity index (χ0v) is 19.1. The molecule has 34 heavy (non-hydrogen) atoms. The number of rotatable bonds is 9. The molecule has 1 aliphatic rings. The Morgan fingerprint density at radius 1 is 1.12 bits per heavy atom. The lowest BCUT2D eigenvalue weighted by Gasteiger charge is -2.36. The van der Waals surface area contributed by atoms with E-state index in [-0.39, 0.29) is 29.6 Å². The summed E-state index contributed by atoms with van der Waals surface area (Å²) in [4.78, 5) is 26.4. The maximum Gasteiger partial charge on any atom is 0.286 e. The molecular weight excluding hydrogens is 434 g/mol. The number of para-hydroxylation sites is 1. The largest absolute Gasteiger partial charge is 0.464 e. The summed E-state index contributed by atoms with van der Waals surface area (Å²) in [5.74, 6) is -1.03. The standard InChI is InChI=1S/C27H29NO6/c1-2-32-27-19(12-8-14-29)21(22-17-33-23-13-7-6-11-20(23)25(22)30)15-24(34-27)26(31)28-16-18-9-4-3-5-10-18/h3-7,9-11,13,15,17,19,21,27,29H,2,8,12,14,16H2,1H3,(H,28,31)/t19-,21+,27-/m0/s1. The zero-order chi connectivity index (χ0) is 23.9. The van der Waals surface area contributed by atoms with E-state index in [0.29, 0.717) is 42.5 Å². The fraction of sp³-hybridized carbons (Fsp3) is 0.333. The molecular formula is C27H29NO6. The molecule has 7 heteroatoms. The second kappa shape index (κ2) is 11.1. The van der Waals surface area contributed by atoms with Gasteiger partial charge in [-0.05, 0) is 43.5 Å². The SMILES string of the molecule is CCO[C@H]1OC(C(=O)NCc2ccccc2)=C[C@@H](c2coc3ccccc3c2=O)[C@@H]1CCCO. The molecule has 3 atom stereocenters. The summed E-state index contributed by atoms with van der Waals surface area (Å²) in [5.41, 5.74) is 1.74. The fourth-order valence-corrected chi connectivity index (χ4v) is 4.31. The van der Waals surface area contributed by atoms with Crippen LogP contribution in [0.15, 0.2) is 81.9 Å². The molecule has 4 rings (SSSR count). The number of nitrogens with one attached hydrogen (secondary N) is 1. The normalized spacial score (nSPS) is 19.9. The number of aliphatic hydroxyl groups is 1. The van der Waals surface area contributed by atoms with E-state index in [9.17, 15) is 14.7 Å². The highest BCUT2D eigenvalue weighted by atomic mass is 16.7. The van der Waals surface area contributed by atoms with Crippen LogP contribution in [0.2, 0.25) is 0 Å². The molecule has 0 aliphatic carbocycles. The van der Waals surface area contributed by atoms with Gasteiger partial charge in [-0.1, -0.05) is 42.5 Å². The Kier molecular flexibility index (Phi) is 7.77. The van der Waals surface area contributed by atoms with Crippen LogP contribution in [0.5, 0.6) is 0 Å². The van der Waals surface area contributed by atoms with Crippen LogP contribution in [0.25, 0.3) is 11.0 Å². The van der Waals surface area contributed by atoms with Gasteiger partial charge in [0.05, 0.1) is 11.6 Å². The van der Waals surface area contributed by atoms with Crippen LogP contribution in [0, 0.1) is 5.92 Å². The van der Waals surface area contributed by atoms with Gasteiger partial charge < -0.3 is 24.3 Å². The number of carbonyl (C=O) groups is 1. The predicted octanol–water partition coefficient (Wildman–Crippen LogP) is 3.86. The summed E-state index contributed by atoms with van der Waals surface area (Å²) in [6.45, 7) is 2.57. The fourth-order valence-electron chi connectivity index (χ4n) is 4.31. The smallest absolute Gasteiger partial charge is 0.286 e. The second-order valence-electron chi connectivity index (χ2n) is 8.21. The van der Waals surface area contributed by atoms with Gasteiger partial charge in [-0.15, -0.1) is 0 Å². The van der Waals surface area contributed by atoms with E-state index < -0.39 is 12.2 Å². The zero-order valence-electron chi connectivity index (χ0n) is 19.1. The minimum atomic E-state index is -0.741. The first kappa shape index (κ1) is 23.7. The van der Waals surface area contributed by atoms with E-state index in [0.717, 1.165) is 5.56 Å². The van der Waals surface area contributed by atoms with Crippen molar-refractivity contribution in [1.82, 2.24) is 5.32 Å². The van der Waals surface area contributed by atoms with Gasteiger partial charge in [0, 0.05) is 37.2 Å². The van der Waals surface area contributed by atoms with Crippen molar-refractivity contribution in [2.24, 2.45) is 5.92 Å². The lowest BCUT2D eigenvalue weighted by molar-refractivity contribution is -0.166. The van der Waals surface area contributed by atoms with Gasteiger partial charge in [-0.3, -0.25) is 9.59 Å². The van der Waals surface area contributed by atoms with E-state index in [1.54, 1.807) is 24.3 Å². The molecule has 0 radical (unpaired) electrons. The van der Waals surface area contributed by atoms with E-state index in [2.05, 4.69) is 5.32 Å². The minimum absolute atomic E-state index is 0.00251. The summed E-state index contributed by atoms with van der Waals surface area (Å²) in [6.07, 6.45) is 3.46. The van der Waals surface area contributed by atoms with Gasteiger partial charge in [0.1, 0.15) is 5.58 Å². The Hall–Kier alpha value is -3.42. The molecule has 1 amide bonds. The number of allylic oxidation sites excluding steroid dienone is 1. The maximum atomic E-state index is 13.4. The third-order valence-corrected chi connectivity index (χ3v) is 6.00. The molecule has 1 aromatic heterocycles. The topological polar surface area (TPSA) is 98.0 Å². The molecule has 0 bridgehead atoms. The highest BCUT2D eigenvalue weighted by Gasteiger charge is 2.39. The quantitative estimate of drug-likeness (QED) is 0.500. The van der Waals surface area contributed by atoms with Crippen molar-refractivity contribution in [3.63, 3.8) is 0 Å². The Bertz CT molecular complexity index is 1200. The summed E-state index contributed by atoms with van der Waals surface area (Å²) in [5, 5.41) is 12.8. The molecule has 0 fully saturated rings. The molecule has 3 aromatic rings. The second-order valence-corrected chi connectivity index (χ2v) is 8.21. The van der Waals surface area contributed by atoms with Crippen molar-refractivity contribution < 1.29 is 23.8 Å². The third kappa shape index (κ3) is 5.21. The molecule has 2 heterocycles. The Labute approximate surface area is 198 Å². The molecule has 0 saturated carbocycles. The molecule has 0 unspecified atom stereocenters. The van der Waals surface area contributed by atoms with Crippen molar-refractivity contribution >= 4 is 16.9 Å². The first-order valence-corrected chi connectivity index (χ1v) is 11.6. The predicted molar refractivity (Wildman–Crippen MR) is 128 cm³/mol. The van der Waals surface area contributed by atoms with E-state index in [1.807, 2.05) is 43.3 Å². The lowest BCUT2D eigenvalue weighted by Crippen LogP contribution is -2.40. The van der Waals surface area contributed by atoms with Gasteiger partial charge in [0.25, 0.3) is 5.91 Å². The van der Waals surface area contributed by atoms with Crippen LogP contribution in [0.4, 0.5) is 0 Å². The maximum absolute atomic E-state index is 13.4. The van der Waals surface area contributed by atoms with E-state index in [1.165, 1.54) is 6.26 Å². The highest BCUT2D eigenvalue weighted by Crippen LogP contribution is 2.38. The van der Waals surface area contributed by atoms with Gasteiger partial charge in [-0.2, -0.15) is 0 Å². The summed E-state index contributed by atoms with van der Waals surface area (Å²) < 4.78 is 17.6. The number of hydrogen-bond donors (Lipinski definition) is 2. The van der Waals surface area contributed by atoms with Gasteiger partial charge in [0.2, 0.25) is 6.29 Å². The van der Waals surface area contributed by atoms with E-state index >= 15 is 0 Å². The minimum Gasteiger partial charge on any atom is -0.464 e. The molecule has 7 nitrogen and oxygen atoms in total. The first-order valence-electron chi connectivity index (χ1n) is 11.6. The summed E-state index contributed by atoms with van der Waals surface area (Å²) in [7, 11) is 0. The van der Waals surface area contributed by atoms with Crippen LogP contribution in [0.3, 0.4) is 0 Å². The molecule has 2 aromatic carbocycles. The van der Waals surface area contributed by atoms with Gasteiger partial charge >= 0.3 is 0 Å². The van der Waals surface area contributed by atoms with Crippen molar-refractivity contribution in [3.8, 4) is 0 Å². The summed E-state index contributed by atoms with van der Waals surface area (Å²) in [6, 6.07) is 16.6. The Balaban J connectivity index is 1.70. The number of aliphatic hydroxyl groups excluding tert-OH is 1. The van der Waals surface area contributed by atoms with Crippen molar-refractivity contribution in [3.05, 3.63) is 94.0 Å². The van der Waals surface area contributed by atoms with Crippen LogP contribution < -0.4 is 10.7 Å². The number of ether oxygens (including phenoxy) is 2. The molecule has 0 saturated heterocycles. The molecule has 0 spiro atoms. The highest BCUT2D eigenvalue weighted by molar-refractivity contribution is 5.91. The first-order chi connectivity index (χ1) is 16.6. The van der Waals surface area contributed by atoms with Crippen LogP contribution >= 0.6 is 0 Å². The van der Waals surface area contributed by atoms with E-state index in [4.69, 9.17) is 13.9 Å². The van der Waals surface area contributed by atoms with Crippen molar-refractivity contribution in [2.45, 2.75) is 38.5 Å². The number of amides is 1. The third-order valence-electron chi connectivity index (χ3n) is 6.00. The van der Waals surface area contributed by atoms with Crippen molar-refractivity contribution in [1.29, 1.82) is 0 Å². The number of benzene rings is 2. The molecule has 178 valence electrons. The summed E-state index contributed by atoms with van der Waals surface area (Å²) >= 11 is 0. The van der Waals surface area contributed by atoms with Gasteiger partial charge in [0.15, 0.2) is 11.2 Å². The number of fused-ring (bicyclic) bond motifs is 1. The molecule has 1 aliphatic heterocycles. The van der Waals surface area contributed by atoms with Crippen molar-refractivity contribution in [2.75, 3.05) is 13.2 Å². The average molecular weight is 464 g/mol. The Morgan fingerprint density at radius 3 is 2.65 bits per heavy atom. The lowest BCUT2D eigenvalue weighted by atomic mass is 9.81. The van der Waals surface area contributed by atoms with Crippen LogP contribution in [0.1, 0.15) is 36.8 Å². The number of hydrogen-bond acceptors (Lipinski definition) is 6. The monoisotopic (exact) mass is 463 g/mol. The van der Waals surface area contributed by atoms with Gasteiger partial charge in [-0.25, -0.2) is 0 Å². The average Bonchev–Trinajstić information content (AvgIpc) is 2.87. The van der Waals surface area contributed by atoms with Crippen LogP contribution in [-0.2, 0) is 20.8 Å². The number of carbonyl (C=O) groups excluding carboxylic acids is 1. The molecule has 2 N–H and O–H groups in total.